The van der Waals surface area contributed by atoms with Gasteiger partial charge in [0.05, 0.1) is 5.69 Å². The van der Waals surface area contributed by atoms with Crippen LogP contribution in [0.15, 0.2) is 81.3 Å². The molecule has 4 bridgehead atoms. The minimum atomic E-state index is -0.736. The molecule has 3 N–H and O–H groups in total. The molecule has 0 radical (unpaired) electrons. The van der Waals surface area contributed by atoms with E-state index in [2.05, 4.69) is 27.4 Å². The average Bonchev–Trinajstić information content (AvgIpc) is 2.92. The van der Waals surface area contributed by atoms with E-state index in [0.717, 1.165) is 38.8 Å². The van der Waals surface area contributed by atoms with E-state index in [-0.39, 0.29) is 16.1 Å². The number of aliphatic imine (C=N–C) groups is 1. The zero-order chi connectivity index (χ0) is 27.4. The number of hydrogen-bond donors (Lipinski definition) is 3. The molecule has 7 nitrogen and oxygen atoms in total. The third kappa shape index (κ3) is 4.27. The van der Waals surface area contributed by atoms with Crippen molar-refractivity contribution >= 4 is 40.0 Å². The SMILES string of the molecule is O=c1[nH]c(=O)n(-c2ccc(C34CC5CC(CC(C5)C3)C4)cc2)c(O)c1C=NC(=S)Nc1cccc2ccccc12. The summed E-state index contributed by atoms with van der Waals surface area (Å²) in [5, 5.41) is 16.3. The second kappa shape index (κ2) is 9.55. The van der Waals surface area contributed by atoms with Gasteiger partial charge in [0.15, 0.2) is 5.11 Å². The minimum Gasteiger partial charge on any atom is -0.493 e. The van der Waals surface area contributed by atoms with Crippen molar-refractivity contribution in [1.29, 1.82) is 0 Å². The number of anilines is 1. The van der Waals surface area contributed by atoms with Crippen LogP contribution in [0.2, 0.25) is 0 Å². The van der Waals surface area contributed by atoms with Crippen molar-refractivity contribution in [1.82, 2.24) is 9.55 Å². The summed E-state index contributed by atoms with van der Waals surface area (Å²) in [6.07, 6.45) is 9.06. The van der Waals surface area contributed by atoms with Crippen molar-refractivity contribution < 1.29 is 5.11 Å². The first-order valence-corrected chi connectivity index (χ1v) is 14.3. The Morgan fingerprint density at radius 1 is 0.950 bits per heavy atom. The van der Waals surface area contributed by atoms with Crippen LogP contribution in [0, 0.1) is 17.8 Å². The van der Waals surface area contributed by atoms with E-state index in [1.54, 1.807) is 0 Å². The highest BCUT2D eigenvalue weighted by Crippen LogP contribution is 2.60. The maximum Gasteiger partial charge on any atom is 0.335 e. The second-order valence-electron chi connectivity index (χ2n) is 11.8. The summed E-state index contributed by atoms with van der Waals surface area (Å²) in [6.45, 7) is 0. The first kappa shape index (κ1) is 25.0. The highest BCUT2D eigenvalue weighted by atomic mass is 32.1. The molecule has 8 rings (SSSR count). The molecule has 4 aliphatic carbocycles. The third-order valence-electron chi connectivity index (χ3n) is 9.24. The Hall–Kier alpha value is -4.04. The number of H-pyrrole nitrogens is 1. The molecular weight excluding hydrogens is 520 g/mol. The van der Waals surface area contributed by atoms with Gasteiger partial charge >= 0.3 is 5.69 Å². The number of nitrogens with zero attached hydrogens (tertiary/aromatic N) is 2. The predicted octanol–water partition coefficient (Wildman–Crippen LogP) is 5.67. The molecule has 4 saturated carbocycles. The summed E-state index contributed by atoms with van der Waals surface area (Å²) in [4.78, 5) is 31.9. The molecule has 40 heavy (non-hydrogen) atoms. The number of nitrogens with one attached hydrogen (secondary N) is 2. The van der Waals surface area contributed by atoms with E-state index in [1.807, 2.05) is 54.6 Å². The zero-order valence-corrected chi connectivity index (χ0v) is 22.8. The molecule has 0 amide bonds. The van der Waals surface area contributed by atoms with Crippen molar-refractivity contribution in [2.45, 2.75) is 43.9 Å². The molecule has 8 heteroatoms. The lowest BCUT2D eigenvalue weighted by atomic mass is 9.48. The van der Waals surface area contributed by atoms with Gasteiger partial charge in [0.25, 0.3) is 5.56 Å². The van der Waals surface area contributed by atoms with E-state index < -0.39 is 17.1 Å². The van der Waals surface area contributed by atoms with Gasteiger partial charge in [0.2, 0.25) is 5.88 Å². The fourth-order valence-electron chi connectivity index (χ4n) is 7.93. The molecule has 0 aliphatic heterocycles. The Kier molecular flexibility index (Phi) is 5.96. The second-order valence-corrected chi connectivity index (χ2v) is 12.2. The molecule has 0 saturated heterocycles. The standard InChI is InChI=1S/C32H30N4O3S/c37-28-26(18-33-30(40)34-27-7-3-5-22-4-1-2-6-25(22)27)29(38)36(31(39)35-28)24-10-8-23(9-11-24)32-15-19-12-20(16-32)14-21(13-19)17-32/h1-11,18-21,38H,12-17H2,(H,34,40)(H,35,37,39). The summed E-state index contributed by atoms with van der Waals surface area (Å²) < 4.78 is 1.10. The van der Waals surface area contributed by atoms with Gasteiger partial charge in [0.1, 0.15) is 5.56 Å². The minimum absolute atomic E-state index is 0.118. The van der Waals surface area contributed by atoms with Crippen LogP contribution in [0.5, 0.6) is 5.88 Å². The largest absolute Gasteiger partial charge is 0.493 e. The molecular formula is C32H30N4O3S. The number of rotatable bonds is 4. The van der Waals surface area contributed by atoms with Crippen LogP contribution < -0.4 is 16.6 Å². The highest BCUT2D eigenvalue weighted by Gasteiger charge is 2.51. The Labute approximate surface area is 236 Å². The van der Waals surface area contributed by atoms with Gasteiger partial charge in [-0.05, 0) is 103 Å². The summed E-state index contributed by atoms with van der Waals surface area (Å²) in [6, 6.07) is 21.6. The summed E-state index contributed by atoms with van der Waals surface area (Å²) in [5.41, 5.74) is 1.22. The predicted molar refractivity (Wildman–Crippen MR) is 162 cm³/mol. The molecule has 4 aliphatic rings. The van der Waals surface area contributed by atoms with Gasteiger partial charge in [-0.3, -0.25) is 9.78 Å². The quantitative estimate of drug-likeness (QED) is 0.225. The lowest BCUT2D eigenvalue weighted by Crippen LogP contribution is -2.48. The molecule has 0 atom stereocenters. The molecule has 4 aromatic rings. The molecule has 0 unspecified atom stereocenters. The monoisotopic (exact) mass is 550 g/mol. The van der Waals surface area contributed by atoms with Gasteiger partial charge in [0, 0.05) is 17.3 Å². The fraction of sp³-hybridized carbons (Fsp3) is 0.312. The summed E-state index contributed by atoms with van der Waals surface area (Å²) in [7, 11) is 0. The third-order valence-corrected chi connectivity index (χ3v) is 9.45. The van der Waals surface area contributed by atoms with Crippen LogP contribution >= 0.6 is 12.2 Å². The van der Waals surface area contributed by atoms with E-state index in [1.165, 1.54) is 50.3 Å². The van der Waals surface area contributed by atoms with Crippen LogP contribution in [-0.2, 0) is 5.41 Å². The number of aromatic amines is 1. The van der Waals surface area contributed by atoms with Gasteiger partial charge in [-0.25, -0.2) is 14.4 Å². The smallest absolute Gasteiger partial charge is 0.335 e. The Morgan fingerprint density at radius 2 is 1.60 bits per heavy atom. The number of fused-ring (bicyclic) bond motifs is 1. The van der Waals surface area contributed by atoms with Crippen LogP contribution in [-0.4, -0.2) is 26.0 Å². The lowest BCUT2D eigenvalue weighted by Gasteiger charge is -2.57. The maximum absolute atomic E-state index is 12.8. The van der Waals surface area contributed by atoms with E-state index >= 15 is 0 Å². The molecule has 0 spiro atoms. The summed E-state index contributed by atoms with van der Waals surface area (Å²) in [5.74, 6) is 2.02. The first-order valence-electron chi connectivity index (χ1n) is 13.9. The van der Waals surface area contributed by atoms with E-state index in [9.17, 15) is 14.7 Å². The van der Waals surface area contributed by atoms with Gasteiger partial charge in [-0.2, -0.15) is 0 Å². The summed E-state index contributed by atoms with van der Waals surface area (Å²) >= 11 is 5.39. The lowest BCUT2D eigenvalue weighted by molar-refractivity contribution is -0.00518. The first-order chi connectivity index (χ1) is 19.4. The molecule has 1 aromatic heterocycles. The van der Waals surface area contributed by atoms with Crippen molar-refractivity contribution in [3.63, 3.8) is 0 Å². The van der Waals surface area contributed by atoms with Gasteiger partial charge < -0.3 is 10.4 Å². The normalized spacial score (nSPS) is 25.1. The number of aromatic nitrogens is 2. The van der Waals surface area contributed by atoms with Gasteiger partial charge in [-0.15, -0.1) is 0 Å². The number of aromatic hydroxyl groups is 1. The van der Waals surface area contributed by atoms with Crippen molar-refractivity contribution in [3.05, 3.63) is 98.7 Å². The number of hydrogen-bond acceptors (Lipinski definition) is 4. The Bertz CT molecular complexity index is 1750. The van der Waals surface area contributed by atoms with E-state index in [0.29, 0.717) is 5.69 Å². The van der Waals surface area contributed by atoms with Crippen LogP contribution in [0.4, 0.5) is 5.69 Å². The highest BCUT2D eigenvalue weighted by molar-refractivity contribution is 7.80. The van der Waals surface area contributed by atoms with Crippen LogP contribution in [0.3, 0.4) is 0 Å². The number of benzene rings is 3. The number of thiocarbonyl (C=S) groups is 1. The Morgan fingerprint density at radius 3 is 2.30 bits per heavy atom. The van der Waals surface area contributed by atoms with Crippen molar-refractivity contribution in [3.8, 4) is 11.6 Å². The molecule has 3 aromatic carbocycles. The van der Waals surface area contributed by atoms with Gasteiger partial charge in [-0.1, -0.05) is 48.5 Å². The fourth-order valence-corrected chi connectivity index (χ4v) is 8.09. The van der Waals surface area contributed by atoms with Crippen LogP contribution in [0.1, 0.15) is 49.7 Å². The molecule has 202 valence electrons. The van der Waals surface area contributed by atoms with Crippen molar-refractivity contribution in [2.75, 3.05) is 5.32 Å². The topological polar surface area (TPSA) is 99.5 Å². The average molecular weight is 551 g/mol. The molecule has 1 heterocycles. The zero-order valence-electron chi connectivity index (χ0n) is 22.0. The maximum atomic E-state index is 12.8. The van der Waals surface area contributed by atoms with Crippen LogP contribution in [0.25, 0.3) is 16.5 Å². The molecule has 4 fully saturated rings. The Balaban J connectivity index is 1.16. The van der Waals surface area contributed by atoms with Crippen molar-refractivity contribution in [2.24, 2.45) is 22.7 Å². The van der Waals surface area contributed by atoms with E-state index in [4.69, 9.17) is 12.2 Å².